The second kappa shape index (κ2) is 28.9. The lowest BCUT2D eigenvalue weighted by atomic mass is 9.84. The minimum Gasteiger partial charge on any atom is -0.477 e. The Kier molecular flexibility index (Phi) is 24.6. The third-order valence-corrected chi connectivity index (χ3v) is 14.1. The molecule has 0 radical (unpaired) electrons. The van der Waals surface area contributed by atoms with E-state index in [1.54, 1.807) is 0 Å². The summed E-state index contributed by atoms with van der Waals surface area (Å²) in [6.45, 7) is -2.91. The normalized spacial score (nSPS) is 43.4. The van der Waals surface area contributed by atoms with Crippen molar-refractivity contribution in [3.8, 4) is 0 Å². The summed E-state index contributed by atoms with van der Waals surface area (Å²) in [4.78, 5) is 38.3. The molecule has 75 heavy (non-hydrogen) atoms. The molecular formula is C44H75NO29S. The molecule has 26 atom stereocenters. The molecule has 0 saturated carbocycles. The number of rotatable bonds is 26. The van der Waals surface area contributed by atoms with Gasteiger partial charge in [0.1, 0.15) is 116 Å². The number of aliphatic hydroxyl groups excluding tert-OH is 15. The number of amides is 1. The van der Waals surface area contributed by atoms with Crippen molar-refractivity contribution in [2.75, 3.05) is 45.4 Å². The first-order valence-electron chi connectivity index (χ1n) is 24.6. The van der Waals surface area contributed by atoms with E-state index in [1.807, 2.05) is 0 Å². The Morgan fingerprint density at radius 3 is 1.77 bits per heavy atom. The fourth-order valence-corrected chi connectivity index (χ4v) is 9.62. The lowest BCUT2D eigenvalue weighted by Gasteiger charge is -2.52. The zero-order valence-corrected chi connectivity index (χ0v) is 41.9. The van der Waals surface area contributed by atoms with Crippen LogP contribution in [0.2, 0.25) is 0 Å². The molecule has 9 unspecified atom stereocenters. The van der Waals surface area contributed by atoms with Gasteiger partial charge in [0.2, 0.25) is 5.91 Å². The second-order valence-electron chi connectivity index (χ2n) is 19.2. The smallest absolute Gasteiger partial charge is 0.364 e. The number of carbonyl (C=O) groups excluding carboxylic acids is 2. The van der Waals surface area contributed by atoms with Gasteiger partial charge in [0.15, 0.2) is 25.2 Å². The lowest BCUT2D eigenvalue weighted by molar-refractivity contribution is -0.404. The van der Waals surface area contributed by atoms with Crippen LogP contribution in [0.5, 0.6) is 0 Å². The molecule has 5 aliphatic rings. The van der Waals surface area contributed by atoms with Crippen LogP contribution in [0.3, 0.4) is 0 Å². The second-order valence-corrected chi connectivity index (χ2v) is 19.6. The van der Waals surface area contributed by atoms with E-state index in [1.165, 1.54) is 6.92 Å². The summed E-state index contributed by atoms with van der Waals surface area (Å²) in [5.74, 6) is -6.71. The number of hydrogen-bond donors (Lipinski definition) is 18. The quantitative estimate of drug-likeness (QED) is 0.0282. The molecule has 436 valence electrons. The van der Waals surface area contributed by atoms with Gasteiger partial charge in [0.05, 0.1) is 45.2 Å². The van der Waals surface area contributed by atoms with Crippen LogP contribution in [0.1, 0.15) is 52.4 Å². The highest BCUT2D eigenvalue weighted by Crippen LogP contribution is 2.42. The summed E-state index contributed by atoms with van der Waals surface area (Å²) >= 11 is 4.09. The van der Waals surface area contributed by atoms with Crippen LogP contribution >= 0.6 is 12.6 Å². The average Bonchev–Trinajstić information content (AvgIpc) is 3.38. The number of carbonyl (C=O) groups is 3. The number of carboxylic acids is 1. The monoisotopic (exact) mass is 1110 g/mol. The largest absolute Gasteiger partial charge is 0.477 e. The lowest BCUT2D eigenvalue weighted by Crippen LogP contribution is -2.71. The topological polar surface area (TPSA) is 479 Å². The van der Waals surface area contributed by atoms with E-state index in [4.69, 9.17) is 47.4 Å². The van der Waals surface area contributed by atoms with Gasteiger partial charge >= 0.3 is 5.97 Å². The molecule has 0 spiro atoms. The predicted octanol–water partition coefficient (Wildman–Crippen LogP) is -8.83. The van der Waals surface area contributed by atoms with Crippen LogP contribution in [0.4, 0.5) is 0 Å². The first-order chi connectivity index (χ1) is 35.5. The van der Waals surface area contributed by atoms with Crippen LogP contribution in [0, 0.1) is 5.92 Å². The van der Waals surface area contributed by atoms with Gasteiger partial charge in [-0.2, -0.15) is 12.6 Å². The molecule has 30 nitrogen and oxygen atoms in total. The third kappa shape index (κ3) is 15.1. The van der Waals surface area contributed by atoms with Crippen molar-refractivity contribution in [3.05, 3.63) is 0 Å². The number of ketones is 1. The zero-order valence-electron chi connectivity index (χ0n) is 41.0. The van der Waals surface area contributed by atoms with Gasteiger partial charge in [-0.3, -0.25) is 9.59 Å². The summed E-state index contributed by atoms with van der Waals surface area (Å²) in [6.07, 6.45) is -43.9. The molecular weight excluding hydrogens is 1040 g/mol. The van der Waals surface area contributed by atoms with Gasteiger partial charge in [-0.25, -0.2) is 4.79 Å². The highest BCUT2D eigenvalue weighted by molar-refractivity contribution is 7.80. The van der Waals surface area contributed by atoms with Crippen LogP contribution in [0.25, 0.3) is 0 Å². The Morgan fingerprint density at radius 2 is 1.17 bits per heavy atom. The number of thiol groups is 1. The molecule has 0 aromatic heterocycles. The van der Waals surface area contributed by atoms with E-state index in [-0.39, 0.29) is 18.8 Å². The van der Waals surface area contributed by atoms with E-state index >= 15 is 0 Å². The fourth-order valence-electron chi connectivity index (χ4n) is 9.46. The van der Waals surface area contributed by atoms with Crippen molar-refractivity contribution < 1.29 is 143 Å². The van der Waals surface area contributed by atoms with Crippen LogP contribution in [-0.4, -0.2) is 298 Å². The molecule has 0 aliphatic carbocycles. The van der Waals surface area contributed by atoms with E-state index in [0.29, 0.717) is 31.4 Å². The molecule has 5 fully saturated rings. The number of Topliss-reactive ketones (excluding diaryl/α,β-unsaturated/α-hetero) is 1. The average molecular weight is 1110 g/mol. The highest BCUT2D eigenvalue weighted by atomic mass is 32.1. The van der Waals surface area contributed by atoms with Crippen LogP contribution < -0.4 is 5.32 Å². The van der Waals surface area contributed by atoms with Gasteiger partial charge in [0.25, 0.3) is 5.79 Å². The summed E-state index contributed by atoms with van der Waals surface area (Å²) in [5, 5.41) is 175. The summed E-state index contributed by atoms with van der Waals surface area (Å²) in [6, 6.07) is -1.83. The molecule has 5 rings (SSSR count). The maximum atomic E-state index is 13.4. The number of nitrogens with one attached hydrogen (secondary N) is 1. The molecule has 5 heterocycles. The van der Waals surface area contributed by atoms with Crippen molar-refractivity contribution in [1.82, 2.24) is 5.32 Å². The van der Waals surface area contributed by atoms with Crippen molar-refractivity contribution >= 4 is 30.3 Å². The molecule has 0 bridgehead atoms. The number of hydrogen-bond acceptors (Lipinski definition) is 29. The SMILES string of the molecule is CC(=O)NC1[C@H](O[C@H]2C(CO)O[C@@H](O[C@@H]3C(CO)O[C@@H](OCCCCC(=O)CCCS)C(O)[C@H]3O)C(O)[C@H]2O[C@]2(C(=O)O)CC(O)[C@@H](C)[C@H]([C@H](O)[C@H](O)CO)O2)OC(CO)[C@H](O)[C@@H]1O[C@@H]1OC(CO)[C@H](O)[C@H](O)C1O. The number of carboxylic acid groups (broad SMARTS) is 1. The standard InChI is InChI=1S/C44H75NO29S/c1-16-19(53)10-44(43(63)64,73-34(16)26(55)20(54)11-46)74-38-33(62)42(70-35-23(14-49)68-40(32(61)30(35)59)65-8-4-3-6-18(52)7-5-9-75)69-24(15-50)36(38)71-39-25(45-17(2)51)37(28(57)22(13-48)66-39)72-41-31(60)29(58)27(56)21(12-47)67-41/h16,19-42,46-50,53-62,75H,3-15H2,1-2H3,(H,45,51)(H,63,64)/t16-,19?,20-,21?,22?,23?,24?,25?,26-,27+,28+,29+,30-,31?,32?,33?,34-,35-,36+,37-,38-,39+,40-,41+,42+,44+/m1/s1. The van der Waals surface area contributed by atoms with Gasteiger partial charge in [-0.1, -0.05) is 6.92 Å². The van der Waals surface area contributed by atoms with E-state index < -0.39 is 210 Å². The molecule has 31 heteroatoms. The van der Waals surface area contributed by atoms with Crippen molar-refractivity contribution in [1.29, 1.82) is 0 Å². The molecule has 1 amide bonds. The molecule has 5 aliphatic heterocycles. The summed E-state index contributed by atoms with van der Waals surface area (Å²) in [7, 11) is 0. The Labute approximate surface area is 434 Å². The number of ether oxygens (including phenoxy) is 10. The van der Waals surface area contributed by atoms with Crippen molar-refractivity contribution in [3.63, 3.8) is 0 Å². The summed E-state index contributed by atoms with van der Waals surface area (Å²) < 4.78 is 58.7. The Bertz CT molecular complexity index is 1780. The molecule has 0 aromatic carbocycles. The van der Waals surface area contributed by atoms with Crippen LogP contribution in [0.15, 0.2) is 0 Å². The maximum absolute atomic E-state index is 13.4. The van der Waals surface area contributed by atoms with E-state index in [9.17, 15) is 96.1 Å². The number of aliphatic carboxylic acids is 1. The van der Waals surface area contributed by atoms with E-state index in [0.717, 1.165) is 6.92 Å². The first-order valence-corrected chi connectivity index (χ1v) is 25.2. The van der Waals surface area contributed by atoms with Crippen LogP contribution in [-0.2, 0) is 61.8 Å². The Morgan fingerprint density at radius 1 is 0.640 bits per heavy atom. The molecule has 17 N–H and O–H groups in total. The predicted molar refractivity (Wildman–Crippen MR) is 244 cm³/mol. The molecule has 5 saturated heterocycles. The number of aliphatic hydroxyl groups is 15. The molecule has 0 aromatic rings. The maximum Gasteiger partial charge on any atom is 0.364 e. The summed E-state index contributed by atoms with van der Waals surface area (Å²) in [5.41, 5.74) is 0. The number of unbranched alkanes of at least 4 members (excludes halogenated alkanes) is 1. The Hall–Kier alpha value is -2.04. The van der Waals surface area contributed by atoms with Crippen molar-refractivity contribution in [2.45, 2.75) is 205 Å². The fraction of sp³-hybridized carbons (Fsp3) is 0.932. The van der Waals surface area contributed by atoms with E-state index in [2.05, 4.69) is 17.9 Å². The van der Waals surface area contributed by atoms with Gasteiger partial charge in [0, 0.05) is 38.7 Å². The highest BCUT2D eigenvalue weighted by Gasteiger charge is 2.61. The van der Waals surface area contributed by atoms with Gasteiger partial charge in [-0.15, -0.1) is 0 Å². The van der Waals surface area contributed by atoms with Gasteiger partial charge < -0.3 is 134 Å². The first kappa shape index (κ1) is 63.8. The van der Waals surface area contributed by atoms with Crippen molar-refractivity contribution in [2.24, 2.45) is 5.92 Å². The zero-order chi connectivity index (χ0) is 55.6. The third-order valence-electron chi connectivity index (χ3n) is 13.8. The Balaban J connectivity index is 1.51. The minimum atomic E-state index is -3.17. The minimum absolute atomic E-state index is 0.0207. The van der Waals surface area contributed by atoms with Gasteiger partial charge in [-0.05, 0) is 25.0 Å².